The highest BCUT2D eigenvalue weighted by Gasteiger charge is 2.35. The SMILES string of the molecule is CC1CN(C(=O)CC(F)(F)F)CCC1N. The summed E-state index contributed by atoms with van der Waals surface area (Å²) in [5.74, 6) is -0.780. The predicted molar refractivity (Wildman–Crippen MR) is 49.0 cm³/mol. The zero-order chi connectivity index (χ0) is 11.6. The number of alkyl halides is 3. The van der Waals surface area contributed by atoms with Crippen LogP contribution < -0.4 is 5.73 Å². The Hall–Kier alpha value is -0.780. The van der Waals surface area contributed by atoms with Gasteiger partial charge in [0.25, 0.3) is 0 Å². The monoisotopic (exact) mass is 224 g/mol. The van der Waals surface area contributed by atoms with Gasteiger partial charge in [-0.15, -0.1) is 0 Å². The normalized spacial score (nSPS) is 27.9. The van der Waals surface area contributed by atoms with Crippen molar-refractivity contribution in [3.63, 3.8) is 0 Å². The summed E-state index contributed by atoms with van der Waals surface area (Å²) in [5.41, 5.74) is 5.71. The fraction of sp³-hybridized carbons (Fsp3) is 0.889. The summed E-state index contributed by atoms with van der Waals surface area (Å²) in [5, 5.41) is 0. The number of hydrogen-bond donors (Lipinski definition) is 1. The van der Waals surface area contributed by atoms with E-state index in [-0.39, 0.29) is 12.0 Å². The van der Waals surface area contributed by atoms with Crippen LogP contribution in [0, 0.1) is 5.92 Å². The molecule has 1 fully saturated rings. The summed E-state index contributed by atoms with van der Waals surface area (Å²) in [6, 6.07) is -0.0139. The van der Waals surface area contributed by atoms with Crippen molar-refractivity contribution in [1.29, 1.82) is 0 Å². The first-order chi connectivity index (χ1) is 6.79. The molecule has 1 amide bonds. The average molecular weight is 224 g/mol. The number of rotatable bonds is 1. The van der Waals surface area contributed by atoms with Gasteiger partial charge >= 0.3 is 6.18 Å². The third-order valence-corrected chi connectivity index (χ3v) is 2.68. The maximum Gasteiger partial charge on any atom is 0.397 e. The summed E-state index contributed by atoms with van der Waals surface area (Å²) < 4.78 is 35.9. The van der Waals surface area contributed by atoms with E-state index in [0.717, 1.165) is 0 Å². The summed E-state index contributed by atoms with van der Waals surface area (Å²) in [4.78, 5) is 12.5. The van der Waals surface area contributed by atoms with E-state index < -0.39 is 18.5 Å². The van der Waals surface area contributed by atoms with Crippen LogP contribution in [0.5, 0.6) is 0 Å². The average Bonchev–Trinajstić information content (AvgIpc) is 2.06. The number of amides is 1. The molecule has 1 saturated heterocycles. The summed E-state index contributed by atoms with van der Waals surface area (Å²) >= 11 is 0. The molecular formula is C9H15F3N2O. The first-order valence-electron chi connectivity index (χ1n) is 4.89. The highest BCUT2D eigenvalue weighted by Crippen LogP contribution is 2.23. The fourth-order valence-corrected chi connectivity index (χ4v) is 1.67. The molecule has 3 nitrogen and oxygen atoms in total. The molecule has 15 heavy (non-hydrogen) atoms. The molecule has 0 spiro atoms. The van der Waals surface area contributed by atoms with Gasteiger partial charge in [0.15, 0.2) is 0 Å². The van der Waals surface area contributed by atoms with Crippen molar-refractivity contribution in [2.45, 2.75) is 32.0 Å². The Kier molecular flexibility index (Phi) is 3.59. The van der Waals surface area contributed by atoms with Gasteiger partial charge < -0.3 is 10.6 Å². The lowest BCUT2D eigenvalue weighted by Crippen LogP contribution is -2.48. The van der Waals surface area contributed by atoms with E-state index >= 15 is 0 Å². The summed E-state index contributed by atoms with van der Waals surface area (Å²) in [6.07, 6.45) is -5.21. The van der Waals surface area contributed by atoms with Crippen LogP contribution in [0.15, 0.2) is 0 Å². The second kappa shape index (κ2) is 4.38. The molecule has 1 heterocycles. The first-order valence-corrected chi connectivity index (χ1v) is 4.89. The first kappa shape index (κ1) is 12.3. The van der Waals surface area contributed by atoms with E-state index in [1.165, 1.54) is 4.90 Å². The van der Waals surface area contributed by atoms with Crippen LogP contribution in [0.3, 0.4) is 0 Å². The van der Waals surface area contributed by atoms with Gasteiger partial charge in [-0.25, -0.2) is 0 Å². The van der Waals surface area contributed by atoms with Gasteiger partial charge in [-0.1, -0.05) is 6.92 Å². The van der Waals surface area contributed by atoms with Crippen LogP contribution in [0.25, 0.3) is 0 Å². The molecule has 2 N–H and O–H groups in total. The Bertz CT molecular complexity index is 242. The largest absolute Gasteiger partial charge is 0.397 e. The Morgan fingerprint density at radius 3 is 2.60 bits per heavy atom. The van der Waals surface area contributed by atoms with Crippen LogP contribution in [-0.4, -0.2) is 36.1 Å². The molecule has 0 saturated carbocycles. The Balaban J connectivity index is 2.48. The molecule has 1 aliphatic heterocycles. The number of likely N-dealkylation sites (tertiary alicyclic amines) is 1. The van der Waals surface area contributed by atoms with Crippen LogP contribution in [0.2, 0.25) is 0 Å². The molecule has 1 aliphatic rings. The third-order valence-electron chi connectivity index (χ3n) is 2.68. The molecule has 0 radical (unpaired) electrons. The molecule has 0 bridgehead atoms. The van der Waals surface area contributed by atoms with Gasteiger partial charge in [0, 0.05) is 19.1 Å². The molecule has 1 rings (SSSR count). The number of carbonyl (C=O) groups is 1. The fourth-order valence-electron chi connectivity index (χ4n) is 1.67. The van der Waals surface area contributed by atoms with Crippen molar-refractivity contribution in [2.75, 3.05) is 13.1 Å². The number of nitrogens with zero attached hydrogens (tertiary/aromatic N) is 1. The van der Waals surface area contributed by atoms with E-state index in [2.05, 4.69) is 0 Å². The molecule has 88 valence electrons. The van der Waals surface area contributed by atoms with Crippen LogP contribution >= 0.6 is 0 Å². The van der Waals surface area contributed by atoms with E-state index in [1.54, 1.807) is 0 Å². The van der Waals surface area contributed by atoms with E-state index in [4.69, 9.17) is 5.73 Å². The number of piperidine rings is 1. The minimum absolute atomic E-state index is 0.0139. The molecule has 0 aromatic carbocycles. The summed E-state index contributed by atoms with van der Waals surface area (Å²) in [7, 11) is 0. The Morgan fingerprint density at radius 1 is 1.53 bits per heavy atom. The molecule has 0 aliphatic carbocycles. The molecule has 2 unspecified atom stereocenters. The van der Waals surface area contributed by atoms with Crippen molar-refractivity contribution in [1.82, 2.24) is 4.90 Å². The number of carbonyl (C=O) groups excluding carboxylic acids is 1. The molecule has 2 atom stereocenters. The number of hydrogen-bond acceptors (Lipinski definition) is 2. The van der Waals surface area contributed by atoms with Crippen molar-refractivity contribution < 1.29 is 18.0 Å². The van der Waals surface area contributed by atoms with Gasteiger partial charge in [0.05, 0.1) is 0 Å². The second-order valence-electron chi connectivity index (χ2n) is 4.06. The zero-order valence-electron chi connectivity index (χ0n) is 8.55. The van der Waals surface area contributed by atoms with Gasteiger partial charge in [-0.05, 0) is 12.3 Å². The molecule has 6 heteroatoms. The van der Waals surface area contributed by atoms with Gasteiger partial charge in [0.1, 0.15) is 6.42 Å². The van der Waals surface area contributed by atoms with Crippen molar-refractivity contribution in [3.8, 4) is 0 Å². The number of halogens is 3. The van der Waals surface area contributed by atoms with E-state index in [9.17, 15) is 18.0 Å². The van der Waals surface area contributed by atoms with Gasteiger partial charge in [-0.3, -0.25) is 4.79 Å². The van der Waals surface area contributed by atoms with E-state index in [1.807, 2.05) is 6.92 Å². The van der Waals surface area contributed by atoms with Crippen LogP contribution in [0.1, 0.15) is 19.8 Å². The highest BCUT2D eigenvalue weighted by molar-refractivity contribution is 5.77. The van der Waals surface area contributed by atoms with E-state index in [0.29, 0.717) is 19.5 Å². The van der Waals surface area contributed by atoms with Crippen molar-refractivity contribution >= 4 is 5.91 Å². The minimum atomic E-state index is -4.42. The predicted octanol–water partition coefficient (Wildman–Crippen LogP) is 1.13. The quantitative estimate of drug-likeness (QED) is 0.725. The van der Waals surface area contributed by atoms with Crippen LogP contribution in [-0.2, 0) is 4.79 Å². The molecular weight excluding hydrogens is 209 g/mol. The van der Waals surface area contributed by atoms with Crippen molar-refractivity contribution in [3.05, 3.63) is 0 Å². The van der Waals surface area contributed by atoms with Gasteiger partial charge in [0.2, 0.25) is 5.91 Å². The highest BCUT2D eigenvalue weighted by atomic mass is 19.4. The third kappa shape index (κ3) is 3.70. The lowest BCUT2D eigenvalue weighted by Gasteiger charge is -2.35. The Labute approximate surface area is 86.4 Å². The summed E-state index contributed by atoms with van der Waals surface area (Å²) in [6.45, 7) is 2.51. The molecule has 0 aromatic rings. The number of nitrogens with two attached hydrogens (primary N) is 1. The lowest BCUT2D eigenvalue weighted by atomic mass is 9.94. The lowest BCUT2D eigenvalue weighted by molar-refractivity contribution is -0.162. The maximum atomic E-state index is 12.0. The Morgan fingerprint density at radius 2 is 2.13 bits per heavy atom. The zero-order valence-corrected chi connectivity index (χ0v) is 8.55. The smallest absolute Gasteiger partial charge is 0.342 e. The maximum absolute atomic E-state index is 12.0. The minimum Gasteiger partial charge on any atom is -0.342 e. The van der Waals surface area contributed by atoms with Gasteiger partial charge in [-0.2, -0.15) is 13.2 Å². The van der Waals surface area contributed by atoms with Crippen LogP contribution in [0.4, 0.5) is 13.2 Å². The standard InChI is InChI=1S/C9H15F3N2O/c1-6-5-14(3-2-7(6)13)8(15)4-9(10,11)12/h6-7H,2-5,13H2,1H3. The molecule has 0 aromatic heterocycles. The second-order valence-corrected chi connectivity index (χ2v) is 4.06. The topological polar surface area (TPSA) is 46.3 Å². The van der Waals surface area contributed by atoms with Crippen molar-refractivity contribution in [2.24, 2.45) is 11.7 Å².